The fourth-order valence-electron chi connectivity index (χ4n) is 3.17. The molecule has 0 bridgehead atoms. The van der Waals surface area contributed by atoms with Gasteiger partial charge in [-0.3, -0.25) is 15.1 Å². The second-order valence-corrected chi connectivity index (χ2v) is 8.98. The average molecular weight is 524 g/mol. The maximum Gasteiger partial charge on any atom is 0.276 e. The quantitative estimate of drug-likeness (QED) is 0.671. The third-order valence-electron chi connectivity index (χ3n) is 4.32. The fraction of sp³-hybridized carbons (Fsp3) is 0.211. The van der Waals surface area contributed by atoms with Crippen molar-refractivity contribution >= 4 is 60.4 Å². The van der Waals surface area contributed by atoms with Crippen LogP contribution in [0.15, 0.2) is 55.4 Å². The van der Waals surface area contributed by atoms with Gasteiger partial charge < -0.3 is 4.74 Å². The molecule has 0 saturated carbocycles. The standard InChI is InChI=1S/C19H16Br2N4O2S/c1-3-28-19-23-18(26)15-11-6-4-5-7-14(11)22-17(25(15)24-19)10-8-12(20)16(27-2)13(21)9-10/h4-9,17H,3H2,1-2H3,(H,23,24,26)/t17-/m0/s1. The molecule has 2 aromatic carbocycles. The summed E-state index contributed by atoms with van der Waals surface area (Å²) in [6.07, 6.45) is -0.470. The number of benzene rings is 2. The van der Waals surface area contributed by atoms with E-state index in [9.17, 15) is 4.79 Å². The summed E-state index contributed by atoms with van der Waals surface area (Å²) in [5, 5.41) is 11.4. The second-order valence-electron chi connectivity index (χ2n) is 6.02. The zero-order chi connectivity index (χ0) is 19.8. The number of para-hydroxylation sites is 1. The molecule has 2 aliphatic rings. The van der Waals surface area contributed by atoms with Crippen LogP contribution in [0, 0.1) is 0 Å². The Labute approximate surface area is 183 Å². The molecule has 6 nitrogen and oxygen atoms in total. The van der Waals surface area contributed by atoms with Crippen LogP contribution in [-0.2, 0) is 4.79 Å². The molecule has 0 unspecified atom stereocenters. The predicted molar refractivity (Wildman–Crippen MR) is 117 cm³/mol. The molecule has 1 amide bonds. The molecular weight excluding hydrogens is 508 g/mol. The molecule has 0 saturated heterocycles. The monoisotopic (exact) mass is 522 g/mol. The van der Waals surface area contributed by atoms with Crippen molar-refractivity contribution < 1.29 is 9.53 Å². The Morgan fingerprint density at radius 1 is 1.25 bits per heavy atom. The number of halogens is 2. The third kappa shape index (κ3) is 3.35. The zero-order valence-corrected chi connectivity index (χ0v) is 19.1. The van der Waals surface area contributed by atoms with Crippen LogP contribution in [0.4, 0.5) is 0 Å². The first kappa shape index (κ1) is 19.5. The molecule has 1 atom stereocenters. The lowest BCUT2D eigenvalue weighted by Gasteiger charge is -2.34. The van der Waals surface area contributed by atoms with Crippen molar-refractivity contribution in [2.75, 3.05) is 12.9 Å². The van der Waals surface area contributed by atoms with Gasteiger partial charge in [0.25, 0.3) is 5.91 Å². The summed E-state index contributed by atoms with van der Waals surface area (Å²) < 4.78 is 7.00. The van der Waals surface area contributed by atoms with Crippen LogP contribution in [0.5, 0.6) is 5.75 Å². The smallest absolute Gasteiger partial charge is 0.276 e. The Morgan fingerprint density at radius 3 is 2.64 bits per heavy atom. The maximum absolute atomic E-state index is 12.9. The average Bonchev–Trinajstić information content (AvgIpc) is 2.67. The van der Waals surface area contributed by atoms with Crippen LogP contribution >= 0.6 is 43.6 Å². The zero-order valence-electron chi connectivity index (χ0n) is 15.1. The van der Waals surface area contributed by atoms with E-state index in [4.69, 9.17) is 14.8 Å². The molecule has 0 fully saturated rings. The maximum atomic E-state index is 12.9. The molecule has 144 valence electrons. The number of nitrogens with zero attached hydrogens (tertiary/aromatic N) is 3. The van der Waals surface area contributed by atoms with Crippen LogP contribution in [0.1, 0.15) is 18.7 Å². The Morgan fingerprint density at radius 2 is 1.96 bits per heavy atom. The summed E-state index contributed by atoms with van der Waals surface area (Å²) in [6.45, 7) is 2.02. The highest BCUT2D eigenvalue weighted by Gasteiger charge is 2.34. The van der Waals surface area contributed by atoms with Crippen LogP contribution in [0.25, 0.3) is 5.70 Å². The van der Waals surface area contributed by atoms with Gasteiger partial charge in [-0.15, -0.1) is 5.10 Å². The van der Waals surface area contributed by atoms with Crippen molar-refractivity contribution in [2.45, 2.75) is 13.1 Å². The van der Waals surface area contributed by atoms with Crippen molar-refractivity contribution in [3.63, 3.8) is 0 Å². The number of carbonyl (C=O) groups excluding carboxylic acids is 1. The normalized spacial score (nSPS) is 17.9. The highest BCUT2D eigenvalue weighted by Crippen LogP contribution is 2.39. The van der Waals surface area contributed by atoms with Gasteiger partial charge in [0.15, 0.2) is 11.3 Å². The highest BCUT2D eigenvalue weighted by molar-refractivity contribution is 9.11. The molecule has 0 radical (unpaired) electrons. The van der Waals surface area contributed by atoms with Gasteiger partial charge in [-0.2, -0.15) is 0 Å². The lowest BCUT2D eigenvalue weighted by Crippen LogP contribution is -2.50. The van der Waals surface area contributed by atoms with Crippen molar-refractivity contribution in [2.24, 2.45) is 10.1 Å². The minimum absolute atomic E-state index is 0.176. The van der Waals surface area contributed by atoms with Gasteiger partial charge in [-0.25, -0.2) is 5.01 Å². The first-order chi connectivity index (χ1) is 13.5. The summed E-state index contributed by atoms with van der Waals surface area (Å²) in [5.74, 6) is 1.33. The van der Waals surface area contributed by atoms with E-state index in [2.05, 4.69) is 37.2 Å². The largest absolute Gasteiger partial charge is 0.494 e. The van der Waals surface area contributed by atoms with E-state index in [1.54, 1.807) is 12.1 Å². The van der Waals surface area contributed by atoms with Gasteiger partial charge >= 0.3 is 0 Å². The number of hydrogen-bond donors (Lipinski definition) is 1. The summed E-state index contributed by atoms with van der Waals surface area (Å²) in [5.41, 5.74) is 1.38. The van der Waals surface area contributed by atoms with Crippen LogP contribution < -0.4 is 20.6 Å². The minimum Gasteiger partial charge on any atom is -0.494 e. The van der Waals surface area contributed by atoms with Gasteiger partial charge in [0.2, 0.25) is 0 Å². The molecule has 4 rings (SSSR count). The minimum atomic E-state index is -0.470. The number of amidine groups is 1. The Kier molecular flexibility index (Phi) is 5.48. The molecule has 9 heteroatoms. The number of hydrazone groups is 1. The van der Waals surface area contributed by atoms with Gasteiger partial charge in [0.05, 0.1) is 21.4 Å². The number of ether oxygens (including phenoxy) is 1. The number of rotatable bonds is 3. The van der Waals surface area contributed by atoms with Crippen molar-refractivity contribution in [3.05, 3.63) is 61.5 Å². The fourth-order valence-corrected chi connectivity index (χ4v) is 5.30. The number of amides is 1. The van der Waals surface area contributed by atoms with Gasteiger partial charge in [0, 0.05) is 10.8 Å². The Bertz CT molecular complexity index is 1100. The summed E-state index contributed by atoms with van der Waals surface area (Å²) >= 11 is 8.59. The number of fused-ring (bicyclic) bond motifs is 2. The molecule has 0 aromatic heterocycles. The lowest BCUT2D eigenvalue weighted by atomic mass is 10.1. The molecule has 2 heterocycles. The molecule has 0 spiro atoms. The first-order valence-corrected chi connectivity index (χ1v) is 11.1. The van der Waals surface area contributed by atoms with Gasteiger partial charge in [-0.05, 0) is 55.8 Å². The first-order valence-electron chi connectivity index (χ1n) is 8.55. The van der Waals surface area contributed by atoms with E-state index in [1.807, 2.05) is 43.3 Å². The Hall–Kier alpha value is -1.84. The van der Waals surface area contributed by atoms with Crippen molar-refractivity contribution in [1.82, 2.24) is 10.3 Å². The van der Waals surface area contributed by atoms with E-state index >= 15 is 0 Å². The number of thioether (sulfide) groups is 1. The van der Waals surface area contributed by atoms with E-state index in [0.29, 0.717) is 16.6 Å². The van der Waals surface area contributed by atoms with E-state index < -0.39 is 6.17 Å². The van der Waals surface area contributed by atoms with Crippen LogP contribution in [0.3, 0.4) is 0 Å². The number of hydrogen-bond acceptors (Lipinski definition) is 6. The molecule has 2 aliphatic heterocycles. The van der Waals surface area contributed by atoms with E-state index in [-0.39, 0.29) is 5.91 Å². The van der Waals surface area contributed by atoms with E-state index in [0.717, 1.165) is 30.8 Å². The summed E-state index contributed by atoms with van der Waals surface area (Å²) in [6, 6.07) is 11.5. The van der Waals surface area contributed by atoms with Gasteiger partial charge in [0.1, 0.15) is 11.4 Å². The molecule has 1 N–H and O–H groups in total. The van der Waals surface area contributed by atoms with E-state index in [1.165, 1.54) is 11.8 Å². The molecular formula is C19H16Br2N4O2S. The Balaban J connectivity index is 1.94. The topological polar surface area (TPSA) is 66.3 Å². The molecule has 2 aromatic rings. The third-order valence-corrected chi connectivity index (χ3v) is 6.24. The SMILES string of the molecule is CCSC1=NN2C(=c3ccccc3=N[C@@H]2c2cc(Br)c(OC)c(Br)c2)C(=O)N1. The predicted octanol–water partition coefficient (Wildman–Crippen LogP) is 3.12. The molecule has 0 aliphatic carbocycles. The van der Waals surface area contributed by atoms with Crippen molar-refractivity contribution in [3.8, 4) is 5.75 Å². The second kappa shape index (κ2) is 7.88. The number of carbonyl (C=O) groups is 1. The number of nitrogens with one attached hydrogen (secondary N) is 1. The van der Waals surface area contributed by atoms with Crippen LogP contribution in [-0.4, -0.2) is 28.9 Å². The van der Waals surface area contributed by atoms with Crippen molar-refractivity contribution in [1.29, 1.82) is 0 Å². The van der Waals surface area contributed by atoms with Crippen LogP contribution in [0.2, 0.25) is 0 Å². The summed E-state index contributed by atoms with van der Waals surface area (Å²) in [7, 11) is 1.62. The highest BCUT2D eigenvalue weighted by atomic mass is 79.9. The summed E-state index contributed by atoms with van der Waals surface area (Å²) in [4.78, 5) is 17.8. The lowest BCUT2D eigenvalue weighted by molar-refractivity contribution is -0.116. The molecule has 28 heavy (non-hydrogen) atoms. The number of methoxy groups -OCH3 is 1. The van der Waals surface area contributed by atoms with Gasteiger partial charge in [-0.1, -0.05) is 36.9 Å².